The Morgan fingerprint density at radius 1 is 1.17 bits per heavy atom. The molecule has 4 aromatic rings. The number of aromatic carboxylic acids is 1. The Hall–Kier alpha value is -3.71. The first-order valence-electron chi connectivity index (χ1n) is 9.36. The fraction of sp³-hybridized carbons (Fsp3) is 0.0952. The molecule has 0 aliphatic heterocycles. The lowest BCUT2D eigenvalue weighted by molar-refractivity contribution is -0.138. The average molecular weight is 533 g/mol. The normalized spacial score (nSPS) is 11.7. The number of aromatic amines is 1. The average Bonchev–Trinajstić information content (AvgIpc) is 3.20. The molecule has 35 heavy (non-hydrogen) atoms. The summed E-state index contributed by atoms with van der Waals surface area (Å²) in [5.74, 6) is -4.21. The molecule has 0 saturated heterocycles. The lowest BCUT2D eigenvalue weighted by Crippen LogP contribution is -2.34. The fourth-order valence-corrected chi connectivity index (χ4v) is 4.33. The molecule has 0 amide bonds. The maximum atomic E-state index is 14.6. The number of ether oxygens (including phenoxy) is 1. The van der Waals surface area contributed by atoms with E-state index in [4.69, 9.17) is 16.3 Å². The van der Waals surface area contributed by atoms with Gasteiger partial charge in [-0.25, -0.2) is 22.9 Å². The summed E-state index contributed by atoms with van der Waals surface area (Å²) < 4.78 is 74.3. The summed E-state index contributed by atoms with van der Waals surface area (Å²) in [4.78, 5) is 38.7. The molecule has 0 radical (unpaired) electrons. The molecule has 2 heterocycles. The van der Waals surface area contributed by atoms with Gasteiger partial charge in [0.2, 0.25) is 0 Å². The van der Waals surface area contributed by atoms with E-state index >= 15 is 0 Å². The van der Waals surface area contributed by atoms with E-state index in [2.05, 4.69) is 4.98 Å². The van der Waals surface area contributed by atoms with Crippen LogP contribution in [-0.2, 0) is 12.8 Å². The van der Waals surface area contributed by atoms with Crippen molar-refractivity contribution in [3.63, 3.8) is 0 Å². The number of benzene rings is 2. The molecule has 0 atom stereocenters. The predicted molar refractivity (Wildman–Crippen MR) is 116 cm³/mol. The summed E-state index contributed by atoms with van der Waals surface area (Å²) in [6.45, 7) is -0.968. The monoisotopic (exact) mass is 532 g/mol. The van der Waals surface area contributed by atoms with Crippen molar-refractivity contribution >= 4 is 39.8 Å². The van der Waals surface area contributed by atoms with Crippen LogP contribution in [0.25, 0.3) is 16.6 Å². The van der Waals surface area contributed by atoms with Gasteiger partial charge < -0.3 is 14.8 Å². The van der Waals surface area contributed by atoms with E-state index < -0.39 is 63.5 Å². The number of fused-ring (bicyclic) bond motifs is 1. The molecule has 2 N–H and O–H groups in total. The third-order valence-electron chi connectivity index (χ3n) is 4.89. The second-order valence-corrected chi connectivity index (χ2v) is 8.30. The van der Waals surface area contributed by atoms with Crippen LogP contribution in [0.1, 0.15) is 20.8 Å². The molecular formula is C21H10ClF5N2O5S. The summed E-state index contributed by atoms with van der Waals surface area (Å²) in [6.07, 6.45) is -4.92. The SMILES string of the molecule is O=C(O)c1scc2[nH]c(=O)n(-c3cc(OCc4c(C(F)(F)F)ccc(Cl)c4F)ccc3F)c(=O)c12. The quantitative estimate of drug-likeness (QED) is 0.354. The largest absolute Gasteiger partial charge is 0.489 e. The number of H-pyrrole nitrogens is 1. The van der Waals surface area contributed by atoms with Crippen LogP contribution >= 0.6 is 22.9 Å². The lowest BCUT2D eigenvalue weighted by Gasteiger charge is -2.16. The van der Waals surface area contributed by atoms with Crippen molar-refractivity contribution in [2.24, 2.45) is 0 Å². The highest BCUT2D eigenvalue weighted by atomic mass is 35.5. The molecule has 4 rings (SSSR count). The van der Waals surface area contributed by atoms with Crippen LogP contribution in [0.5, 0.6) is 5.75 Å². The summed E-state index contributed by atoms with van der Waals surface area (Å²) in [5, 5.41) is 9.57. The molecule has 2 aromatic heterocycles. The summed E-state index contributed by atoms with van der Waals surface area (Å²) in [6, 6.07) is 3.91. The lowest BCUT2D eigenvalue weighted by atomic mass is 10.1. The maximum absolute atomic E-state index is 14.6. The molecule has 0 bridgehead atoms. The zero-order valence-corrected chi connectivity index (χ0v) is 18.4. The number of aromatic nitrogens is 2. The van der Waals surface area contributed by atoms with Crippen LogP contribution in [0.4, 0.5) is 22.0 Å². The van der Waals surface area contributed by atoms with Crippen LogP contribution in [0, 0.1) is 11.6 Å². The van der Waals surface area contributed by atoms with Crippen molar-refractivity contribution < 1.29 is 36.6 Å². The van der Waals surface area contributed by atoms with Crippen molar-refractivity contribution in [3.05, 3.63) is 89.2 Å². The molecule has 0 aliphatic carbocycles. The zero-order chi connectivity index (χ0) is 25.7. The number of carbonyl (C=O) groups is 1. The Labute approximate surface area is 199 Å². The number of nitrogens with one attached hydrogen (secondary N) is 1. The van der Waals surface area contributed by atoms with Gasteiger partial charge in [0.1, 0.15) is 28.9 Å². The van der Waals surface area contributed by atoms with Gasteiger partial charge in [-0.05, 0) is 24.3 Å². The first-order chi connectivity index (χ1) is 16.4. The smallest absolute Gasteiger partial charge is 0.416 e. The third-order valence-corrected chi connectivity index (χ3v) is 6.15. The Balaban J connectivity index is 1.79. The Bertz CT molecular complexity index is 1610. The first kappa shape index (κ1) is 24.4. The van der Waals surface area contributed by atoms with Gasteiger partial charge in [0, 0.05) is 17.0 Å². The number of carboxylic acid groups (broad SMARTS) is 1. The number of alkyl halides is 3. The minimum atomic E-state index is -4.92. The van der Waals surface area contributed by atoms with E-state index in [0.29, 0.717) is 22.0 Å². The fourth-order valence-electron chi connectivity index (χ4n) is 3.32. The van der Waals surface area contributed by atoms with Gasteiger partial charge in [-0.15, -0.1) is 11.3 Å². The van der Waals surface area contributed by atoms with Crippen molar-refractivity contribution in [1.82, 2.24) is 9.55 Å². The van der Waals surface area contributed by atoms with Gasteiger partial charge in [-0.2, -0.15) is 13.2 Å². The summed E-state index contributed by atoms with van der Waals surface area (Å²) >= 11 is 6.26. The number of carboxylic acids is 1. The second-order valence-electron chi connectivity index (χ2n) is 7.02. The van der Waals surface area contributed by atoms with E-state index in [1.165, 1.54) is 5.38 Å². The van der Waals surface area contributed by atoms with Crippen molar-refractivity contribution in [3.8, 4) is 11.4 Å². The minimum absolute atomic E-state index is 0.0671. The zero-order valence-electron chi connectivity index (χ0n) is 16.9. The molecule has 0 saturated carbocycles. The number of nitrogens with zero attached hydrogens (tertiary/aromatic N) is 1. The van der Waals surface area contributed by atoms with Gasteiger partial charge in [-0.3, -0.25) is 4.79 Å². The predicted octanol–water partition coefficient (Wildman–Crippen LogP) is 4.97. The molecular weight excluding hydrogens is 523 g/mol. The van der Waals surface area contributed by atoms with Gasteiger partial charge in [0.15, 0.2) is 0 Å². The highest BCUT2D eigenvalue weighted by Gasteiger charge is 2.35. The summed E-state index contributed by atoms with van der Waals surface area (Å²) in [5.41, 5.74) is -5.22. The topological polar surface area (TPSA) is 101 Å². The maximum Gasteiger partial charge on any atom is 0.416 e. The van der Waals surface area contributed by atoms with Crippen molar-refractivity contribution in [1.29, 1.82) is 0 Å². The number of thiophene rings is 1. The second kappa shape index (κ2) is 8.82. The standard InChI is InChI=1S/C21H10ClF5N2O5S/c22-11-3-2-10(21(25,26)27)9(16(11)24)6-34-8-1-4-12(23)14(5-8)29-18(30)15-13(28-20(29)33)7-35-17(15)19(31)32/h1-5,7H,6H2,(H,28,33)(H,31,32). The molecule has 2 aromatic carbocycles. The first-order valence-corrected chi connectivity index (χ1v) is 10.6. The van der Waals surface area contributed by atoms with Crippen LogP contribution in [0.2, 0.25) is 5.02 Å². The molecule has 0 spiro atoms. The number of hydrogen-bond acceptors (Lipinski definition) is 5. The van der Waals surface area contributed by atoms with E-state index in [9.17, 15) is 41.4 Å². The van der Waals surface area contributed by atoms with E-state index in [-0.39, 0.29) is 21.5 Å². The van der Waals surface area contributed by atoms with Crippen LogP contribution in [-0.4, -0.2) is 20.6 Å². The van der Waals surface area contributed by atoms with Crippen LogP contribution in [0.3, 0.4) is 0 Å². The van der Waals surface area contributed by atoms with Gasteiger partial charge >= 0.3 is 17.8 Å². The van der Waals surface area contributed by atoms with E-state index in [1.54, 1.807) is 0 Å². The third kappa shape index (κ3) is 4.39. The van der Waals surface area contributed by atoms with E-state index in [1.807, 2.05) is 0 Å². The highest BCUT2D eigenvalue weighted by molar-refractivity contribution is 7.13. The van der Waals surface area contributed by atoms with Crippen LogP contribution in [0.15, 0.2) is 45.3 Å². The van der Waals surface area contributed by atoms with Crippen LogP contribution < -0.4 is 16.0 Å². The number of hydrogen-bond donors (Lipinski definition) is 2. The number of rotatable bonds is 5. The van der Waals surface area contributed by atoms with Crippen molar-refractivity contribution in [2.75, 3.05) is 0 Å². The number of halogens is 6. The van der Waals surface area contributed by atoms with E-state index in [0.717, 1.165) is 24.3 Å². The summed E-state index contributed by atoms with van der Waals surface area (Å²) in [7, 11) is 0. The van der Waals surface area contributed by atoms with Gasteiger partial charge in [-0.1, -0.05) is 11.6 Å². The van der Waals surface area contributed by atoms with Gasteiger partial charge in [0.25, 0.3) is 5.56 Å². The molecule has 0 unspecified atom stereocenters. The Morgan fingerprint density at radius 3 is 2.54 bits per heavy atom. The Morgan fingerprint density at radius 2 is 1.89 bits per heavy atom. The highest BCUT2D eigenvalue weighted by Crippen LogP contribution is 2.36. The van der Waals surface area contributed by atoms with Gasteiger partial charge in [0.05, 0.1) is 27.2 Å². The molecule has 0 aliphatic rings. The molecule has 182 valence electrons. The molecule has 7 nitrogen and oxygen atoms in total. The minimum Gasteiger partial charge on any atom is -0.489 e. The molecule has 0 fully saturated rings. The molecule has 14 heteroatoms. The Kier molecular flexibility index (Phi) is 6.15. The van der Waals surface area contributed by atoms with Crippen molar-refractivity contribution in [2.45, 2.75) is 12.8 Å².